The van der Waals surface area contributed by atoms with Gasteiger partial charge in [-0.05, 0) is 61.9 Å². The predicted octanol–water partition coefficient (Wildman–Crippen LogP) is 3.86. The smallest absolute Gasteiger partial charge is 0.347 e. The Labute approximate surface area is 163 Å². The Morgan fingerprint density at radius 2 is 1.81 bits per heavy atom. The van der Waals surface area contributed by atoms with Gasteiger partial charge in [-0.1, -0.05) is 11.6 Å². The molecule has 2 aromatic rings. The third kappa shape index (κ3) is 6.27. The van der Waals surface area contributed by atoms with E-state index in [-0.39, 0.29) is 12.5 Å². The first-order valence-electron chi connectivity index (χ1n) is 8.40. The van der Waals surface area contributed by atoms with E-state index in [1.165, 1.54) is 7.11 Å². The summed E-state index contributed by atoms with van der Waals surface area (Å²) in [5.41, 5.74) is 2.03. The summed E-state index contributed by atoms with van der Waals surface area (Å²) in [5.74, 6) is -0.267. The second kappa shape index (κ2) is 9.94. The average Bonchev–Trinajstić information content (AvgIpc) is 2.64. The van der Waals surface area contributed by atoms with Crippen molar-refractivity contribution in [1.82, 2.24) is 0 Å². The molecule has 2 aromatic carbocycles. The standard InChI is InChI=1S/C20H22ClNO5/c1-13-12-16(21)6-9-18(13)22-19(23)15-4-7-17(8-5-15)27-14(2)20(24)26-11-10-25-3/h4-9,12,14H,10-11H2,1-3H3,(H,22,23)/t14-/m1/s1. The van der Waals surface area contributed by atoms with Crippen molar-refractivity contribution >= 4 is 29.2 Å². The molecule has 0 saturated heterocycles. The van der Waals surface area contributed by atoms with Crippen LogP contribution in [0.2, 0.25) is 5.02 Å². The van der Waals surface area contributed by atoms with Crippen LogP contribution < -0.4 is 10.1 Å². The highest BCUT2D eigenvalue weighted by Crippen LogP contribution is 2.21. The molecule has 0 aliphatic heterocycles. The van der Waals surface area contributed by atoms with Crippen LogP contribution in [0.3, 0.4) is 0 Å². The summed E-state index contributed by atoms with van der Waals surface area (Å²) in [4.78, 5) is 24.1. The quantitative estimate of drug-likeness (QED) is 0.546. The van der Waals surface area contributed by atoms with Crippen LogP contribution in [0.1, 0.15) is 22.8 Å². The molecule has 27 heavy (non-hydrogen) atoms. The van der Waals surface area contributed by atoms with Crippen LogP contribution in [-0.4, -0.2) is 38.3 Å². The van der Waals surface area contributed by atoms with Gasteiger partial charge in [0.25, 0.3) is 5.91 Å². The van der Waals surface area contributed by atoms with Crippen LogP contribution >= 0.6 is 11.6 Å². The molecule has 1 amide bonds. The number of methoxy groups -OCH3 is 1. The zero-order chi connectivity index (χ0) is 19.8. The van der Waals surface area contributed by atoms with E-state index in [1.807, 2.05) is 6.92 Å². The minimum atomic E-state index is -0.766. The second-order valence-corrected chi connectivity index (χ2v) is 6.29. The topological polar surface area (TPSA) is 73.9 Å². The number of hydrogen-bond acceptors (Lipinski definition) is 5. The van der Waals surface area contributed by atoms with Crippen LogP contribution in [0.15, 0.2) is 42.5 Å². The monoisotopic (exact) mass is 391 g/mol. The van der Waals surface area contributed by atoms with Crippen LogP contribution in [0.25, 0.3) is 0 Å². The van der Waals surface area contributed by atoms with E-state index in [9.17, 15) is 9.59 Å². The van der Waals surface area contributed by atoms with E-state index in [0.717, 1.165) is 5.56 Å². The molecule has 0 aliphatic carbocycles. The molecule has 0 bridgehead atoms. The Bertz CT molecular complexity index is 791. The Kier molecular flexibility index (Phi) is 7.64. The van der Waals surface area contributed by atoms with E-state index in [0.29, 0.717) is 28.6 Å². The molecule has 0 heterocycles. The van der Waals surface area contributed by atoms with Gasteiger partial charge in [0.2, 0.25) is 0 Å². The molecule has 144 valence electrons. The number of benzene rings is 2. The van der Waals surface area contributed by atoms with Gasteiger partial charge in [0.05, 0.1) is 6.61 Å². The highest BCUT2D eigenvalue weighted by Gasteiger charge is 2.16. The molecule has 0 aliphatic rings. The fraction of sp³-hybridized carbons (Fsp3) is 0.300. The zero-order valence-electron chi connectivity index (χ0n) is 15.5. The highest BCUT2D eigenvalue weighted by molar-refractivity contribution is 6.30. The van der Waals surface area contributed by atoms with Gasteiger partial charge in [0.1, 0.15) is 12.4 Å². The molecule has 0 spiro atoms. The van der Waals surface area contributed by atoms with Crippen molar-refractivity contribution in [3.05, 3.63) is 58.6 Å². The third-order valence-electron chi connectivity index (χ3n) is 3.73. The Balaban J connectivity index is 1.93. The van der Waals surface area contributed by atoms with E-state index in [1.54, 1.807) is 49.4 Å². The van der Waals surface area contributed by atoms with Gasteiger partial charge in [-0.15, -0.1) is 0 Å². The Morgan fingerprint density at radius 1 is 1.11 bits per heavy atom. The Morgan fingerprint density at radius 3 is 2.44 bits per heavy atom. The number of rotatable bonds is 8. The maximum absolute atomic E-state index is 12.4. The van der Waals surface area contributed by atoms with Gasteiger partial charge in [0, 0.05) is 23.4 Å². The summed E-state index contributed by atoms with van der Waals surface area (Å²) >= 11 is 5.92. The summed E-state index contributed by atoms with van der Waals surface area (Å²) < 4.78 is 15.4. The fourth-order valence-corrected chi connectivity index (χ4v) is 2.47. The van der Waals surface area contributed by atoms with E-state index < -0.39 is 12.1 Å². The van der Waals surface area contributed by atoms with Crippen molar-refractivity contribution in [2.24, 2.45) is 0 Å². The number of aryl methyl sites for hydroxylation is 1. The normalized spacial score (nSPS) is 11.6. The zero-order valence-corrected chi connectivity index (χ0v) is 16.2. The number of carbonyl (C=O) groups excluding carboxylic acids is 2. The number of nitrogens with one attached hydrogen (secondary N) is 1. The first-order chi connectivity index (χ1) is 12.9. The molecule has 0 radical (unpaired) electrons. The maximum Gasteiger partial charge on any atom is 0.347 e. The van der Waals surface area contributed by atoms with Gasteiger partial charge in [0.15, 0.2) is 6.10 Å². The predicted molar refractivity (Wildman–Crippen MR) is 104 cm³/mol. The lowest BCUT2D eigenvalue weighted by molar-refractivity contribution is -0.152. The minimum Gasteiger partial charge on any atom is -0.479 e. The summed E-state index contributed by atoms with van der Waals surface area (Å²) in [5, 5.41) is 3.45. The molecular formula is C20H22ClNO5. The van der Waals surface area contributed by atoms with Crippen molar-refractivity contribution in [1.29, 1.82) is 0 Å². The van der Waals surface area contributed by atoms with Crippen LogP contribution in [0.4, 0.5) is 5.69 Å². The first kappa shape index (κ1) is 20.7. The molecule has 0 fully saturated rings. The lowest BCUT2D eigenvalue weighted by Gasteiger charge is -2.14. The number of anilines is 1. The number of hydrogen-bond donors (Lipinski definition) is 1. The van der Waals surface area contributed by atoms with Crippen molar-refractivity contribution in [2.75, 3.05) is 25.6 Å². The molecular weight excluding hydrogens is 370 g/mol. The van der Waals surface area contributed by atoms with Crippen molar-refractivity contribution in [3.8, 4) is 5.75 Å². The number of esters is 1. The third-order valence-corrected chi connectivity index (χ3v) is 3.96. The highest BCUT2D eigenvalue weighted by atomic mass is 35.5. The number of amides is 1. The van der Waals surface area contributed by atoms with Crippen molar-refractivity contribution < 1.29 is 23.8 Å². The van der Waals surface area contributed by atoms with Crippen LogP contribution in [0.5, 0.6) is 5.75 Å². The Hall–Kier alpha value is -2.57. The number of halogens is 1. The molecule has 0 saturated carbocycles. The van der Waals surface area contributed by atoms with Gasteiger partial charge in [-0.25, -0.2) is 4.79 Å². The average molecular weight is 392 g/mol. The van der Waals surface area contributed by atoms with E-state index in [4.69, 9.17) is 25.8 Å². The molecule has 1 atom stereocenters. The molecule has 0 unspecified atom stereocenters. The maximum atomic E-state index is 12.4. The fourth-order valence-electron chi connectivity index (χ4n) is 2.24. The van der Waals surface area contributed by atoms with Crippen LogP contribution in [0, 0.1) is 6.92 Å². The molecule has 6 nitrogen and oxygen atoms in total. The van der Waals surface area contributed by atoms with Gasteiger partial charge in [-0.3, -0.25) is 4.79 Å². The number of ether oxygens (including phenoxy) is 3. The summed E-state index contributed by atoms with van der Waals surface area (Å²) in [6.07, 6.45) is -0.766. The lowest BCUT2D eigenvalue weighted by Crippen LogP contribution is -2.27. The van der Waals surface area contributed by atoms with Crippen LogP contribution in [-0.2, 0) is 14.3 Å². The molecule has 0 aromatic heterocycles. The minimum absolute atomic E-state index is 0.173. The van der Waals surface area contributed by atoms with Gasteiger partial charge in [-0.2, -0.15) is 0 Å². The van der Waals surface area contributed by atoms with Crippen molar-refractivity contribution in [2.45, 2.75) is 20.0 Å². The largest absolute Gasteiger partial charge is 0.479 e. The summed E-state index contributed by atoms with van der Waals surface area (Å²) in [6.45, 7) is 3.96. The molecule has 1 N–H and O–H groups in total. The SMILES string of the molecule is COCCOC(=O)[C@@H](C)Oc1ccc(C(=O)Nc2ccc(Cl)cc2C)cc1. The molecule has 2 rings (SSSR count). The van der Waals surface area contributed by atoms with E-state index >= 15 is 0 Å². The second-order valence-electron chi connectivity index (χ2n) is 5.86. The first-order valence-corrected chi connectivity index (χ1v) is 8.78. The summed E-state index contributed by atoms with van der Waals surface area (Å²) in [7, 11) is 1.53. The van der Waals surface area contributed by atoms with E-state index in [2.05, 4.69) is 5.32 Å². The number of carbonyl (C=O) groups is 2. The van der Waals surface area contributed by atoms with Crippen molar-refractivity contribution in [3.63, 3.8) is 0 Å². The summed E-state index contributed by atoms with van der Waals surface area (Å²) in [6, 6.07) is 11.8. The molecule has 7 heteroatoms. The lowest BCUT2D eigenvalue weighted by atomic mass is 10.1. The van der Waals surface area contributed by atoms with Gasteiger partial charge >= 0.3 is 5.97 Å². The van der Waals surface area contributed by atoms with Gasteiger partial charge < -0.3 is 19.5 Å².